The number of fused-ring (bicyclic) bond motifs is 1. The number of benzene rings is 1. The lowest BCUT2D eigenvalue weighted by molar-refractivity contribution is 0.631. The van der Waals surface area contributed by atoms with E-state index in [0.29, 0.717) is 16.9 Å². The summed E-state index contributed by atoms with van der Waals surface area (Å²) in [6, 6.07) is 4.57. The standard InChI is InChI=1S/C11H8BrFN6/c12-5-1-2-7(13)8(3-5)16-9-6-4-15-19-10(6)18-11(14)17-9/h1-4H,(H4,14,15,16,17,18,19). The van der Waals surface area contributed by atoms with Crippen LogP contribution in [-0.4, -0.2) is 20.2 Å². The van der Waals surface area contributed by atoms with E-state index >= 15 is 0 Å². The first kappa shape index (κ1) is 11.8. The van der Waals surface area contributed by atoms with Gasteiger partial charge in [0.25, 0.3) is 0 Å². The number of aromatic amines is 1. The normalized spacial score (nSPS) is 10.8. The van der Waals surface area contributed by atoms with Crippen LogP contribution in [0.2, 0.25) is 0 Å². The molecule has 0 radical (unpaired) electrons. The van der Waals surface area contributed by atoms with Gasteiger partial charge < -0.3 is 11.1 Å². The number of hydrogen-bond acceptors (Lipinski definition) is 5. The highest BCUT2D eigenvalue weighted by Crippen LogP contribution is 2.26. The van der Waals surface area contributed by atoms with Gasteiger partial charge in [-0.1, -0.05) is 15.9 Å². The summed E-state index contributed by atoms with van der Waals surface area (Å²) in [5.41, 5.74) is 6.37. The maximum Gasteiger partial charge on any atom is 0.224 e. The number of nitrogens with zero attached hydrogens (tertiary/aromatic N) is 3. The van der Waals surface area contributed by atoms with Gasteiger partial charge in [-0.25, -0.2) is 4.39 Å². The summed E-state index contributed by atoms with van der Waals surface area (Å²) in [4.78, 5) is 8.04. The van der Waals surface area contributed by atoms with Gasteiger partial charge in [0.05, 0.1) is 17.3 Å². The van der Waals surface area contributed by atoms with Crippen LogP contribution >= 0.6 is 15.9 Å². The second kappa shape index (κ2) is 4.47. The van der Waals surface area contributed by atoms with E-state index in [0.717, 1.165) is 4.47 Å². The molecular weight excluding hydrogens is 315 g/mol. The second-order valence-corrected chi connectivity index (χ2v) is 4.73. The van der Waals surface area contributed by atoms with Crippen LogP contribution in [-0.2, 0) is 0 Å². The molecule has 96 valence electrons. The van der Waals surface area contributed by atoms with Crippen molar-refractivity contribution in [2.75, 3.05) is 11.1 Å². The molecule has 2 heterocycles. The number of nitrogen functional groups attached to an aromatic ring is 1. The fourth-order valence-electron chi connectivity index (χ4n) is 1.67. The lowest BCUT2D eigenvalue weighted by atomic mass is 10.3. The van der Waals surface area contributed by atoms with E-state index in [1.54, 1.807) is 18.3 Å². The van der Waals surface area contributed by atoms with Gasteiger partial charge in [0.1, 0.15) is 11.6 Å². The Bertz CT molecular complexity index is 756. The smallest absolute Gasteiger partial charge is 0.224 e. The number of anilines is 3. The molecule has 0 amide bonds. The van der Waals surface area contributed by atoms with Crippen LogP contribution in [0.25, 0.3) is 11.0 Å². The fraction of sp³-hybridized carbons (Fsp3) is 0. The van der Waals surface area contributed by atoms with Crippen molar-refractivity contribution in [2.45, 2.75) is 0 Å². The van der Waals surface area contributed by atoms with Crippen molar-refractivity contribution in [3.63, 3.8) is 0 Å². The summed E-state index contributed by atoms with van der Waals surface area (Å²) in [6.07, 6.45) is 1.55. The maximum absolute atomic E-state index is 13.7. The van der Waals surface area contributed by atoms with E-state index in [1.807, 2.05) is 0 Å². The first-order valence-corrected chi connectivity index (χ1v) is 6.11. The Morgan fingerprint density at radius 2 is 2.16 bits per heavy atom. The summed E-state index contributed by atoms with van der Waals surface area (Å²) in [5, 5.41) is 10.1. The number of rotatable bonds is 2. The number of nitrogens with one attached hydrogen (secondary N) is 2. The van der Waals surface area contributed by atoms with Gasteiger partial charge in [-0.15, -0.1) is 0 Å². The molecule has 0 unspecified atom stereocenters. The predicted molar refractivity (Wildman–Crippen MR) is 73.5 cm³/mol. The first-order valence-electron chi connectivity index (χ1n) is 5.32. The lowest BCUT2D eigenvalue weighted by Gasteiger charge is -2.08. The Labute approximate surface area is 115 Å². The third-order valence-corrected chi connectivity index (χ3v) is 3.00. The fourth-order valence-corrected chi connectivity index (χ4v) is 2.03. The lowest BCUT2D eigenvalue weighted by Crippen LogP contribution is -2.02. The van der Waals surface area contributed by atoms with E-state index in [-0.39, 0.29) is 11.6 Å². The van der Waals surface area contributed by atoms with Crippen LogP contribution in [0.1, 0.15) is 0 Å². The number of hydrogen-bond donors (Lipinski definition) is 3. The maximum atomic E-state index is 13.7. The molecule has 0 aliphatic rings. The Morgan fingerprint density at radius 3 is 3.00 bits per heavy atom. The summed E-state index contributed by atoms with van der Waals surface area (Å²) < 4.78 is 14.5. The van der Waals surface area contributed by atoms with E-state index in [1.165, 1.54) is 6.07 Å². The number of aromatic nitrogens is 4. The van der Waals surface area contributed by atoms with Crippen molar-refractivity contribution in [1.82, 2.24) is 20.2 Å². The molecule has 4 N–H and O–H groups in total. The van der Waals surface area contributed by atoms with E-state index < -0.39 is 5.82 Å². The Kier molecular flexibility index (Phi) is 2.79. The zero-order valence-corrected chi connectivity index (χ0v) is 11.1. The zero-order chi connectivity index (χ0) is 13.4. The molecular formula is C11H8BrFN6. The van der Waals surface area contributed by atoms with Gasteiger partial charge in [0.2, 0.25) is 5.95 Å². The van der Waals surface area contributed by atoms with Gasteiger partial charge in [0, 0.05) is 4.47 Å². The van der Waals surface area contributed by atoms with Gasteiger partial charge in [-0.3, -0.25) is 5.10 Å². The highest BCUT2D eigenvalue weighted by Gasteiger charge is 2.10. The summed E-state index contributed by atoms with van der Waals surface area (Å²) in [5.74, 6) is 0.0833. The highest BCUT2D eigenvalue weighted by molar-refractivity contribution is 9.10. The summed E-state index contributed by atoms with van der Waals surface area (Å²) in [7, 11) is 0. The third kappa shape index (κ3) is 2.22. The van der Waals surface area contributed by atoms with Gasteiger partial charge in [-0.05, 0) is 18.2 Å². The van der Waals surface area contributed by atoms with E-state index in [2.05, 4.69) is 41.4 Å². The van der Waals surface area contributed by atoms with Crippen molar-refractivity contribution >= 4 is 44.4 Å². The molecule has 8 heteroatoms. The van der Waals surface area contributed by atoms with Crippen molar-refractivity contribution < 1.29 is 4.39 Å². The topological polar surface area (TPSA) is 92.5 Å². The van der Waals surface area contributed by atoms with Crippen molar-refractivity contribution in [2.24, 2.45) is 0 Å². The average Bonchev–Trinajstić information content (AvgIpc) is 2.82. The summed E-state index contributed by atoms with van der Waals surface area (Å²) in [6.45, 7) is 0. The molecule has 2 aromatic heterocycles. The molecule has 1 aromatic carbocycles. The van der Waals surface area contributed by atoms with Gasteiger partial charge in [-0.2, -0.15) is 15.1 Å². The molecule has 0 spiro atoms. The predicted octanol–water partition coefficient (Wildman–Crippen LogP) is 2.58. The van der Waals surface area contributed by atoms with Crippen LogP contribution in [0.3, 0.4) is 0 Å². The monoisotopic (exact) mass is 322 g/mol. The minimum Gasteiger partial charge on any atom is -0.368 e. The molecule has 3 rings (SSSR count). The second-order valence-electron chi connectivity index (χ2n) is 3.81. The Hall–Kier alpha value is -2.22. The number of nitrogens with two attached hydrogens (primary N) is 1. The van der Waals surface area contributed by atoms with E-state index in [4.69, 9.17) is 5.73 Å². The first-order chi connectivity index (χ1) is 9.13. The molecule has 19 heavy (non-hydrogen) atoms. The molecule has 0 fully saturated rings. The quantitative estimate of drug-likeness (QED) is 0.674. The molecule has 0 atom stereocenters. The third-order valence-electron chi connectivity index (χ3n) is 2.51. The van der Waals surface area contributed by atoms with Crippen molar-refractivity contribution in [1.29, 1.82) is 0 Å². The SMILES string of the molecule is Nc1nc(Nc2cc(Br)ccc2F)c2cn[nH]c2n1. The Balaban J connectivity index is 2.10. The number of halogens is 2. The van der Waals surface area contributed by atoms with Gasteiger partial charge in [0.15, 0.2) is 5.65 Å². The molecule has 0 saturated carbocycles. The largest absolute Gasteiger partial charge is 0.368 e. The molecule has 0 aliphatic carbocycles. The zero-order valence-electron chi connectivity index (χ0n) is 9.48. The van der Waals surface area contributed by atoms with Crippen LogP contribution in [0.5, 0.6) is 0 Å². The van der Waals surface area contributed by atoms with E-state index in [9.17, 15) is 4.39 Å². The minimum absolute atomic E-state index is 0.0784. The van der Waals surface area contributed by atoms with Crippen LogP contribution < -0.4 is 11.1 Å². The minimum atomic E-state index is -0.392. The molecule has 3 aromatic rings. The average molecular weight is 323 g/mol. The molecule has 6 nitrogen and oxygen atoms in total. The van der Waals surface area contributed by atoms with Crippen LogP contribution in [0.15, 0.2) is 28.9 Å². The van der Waals surface area contributed by atoms with Crippen LogP contribution in [0.4, 0.5) is 21.8 Å². The van der Waals surface area contributed by atoms with Crippen LogP contribution in [0, 0.1) is 5.82 Å². The Morgan fingerprint density at radius 1 is 1.32 bits per heavy atom. The number of H-pyrrole nitrogens is 1. The van der Waals surface area contributed by atoms with Crippen molar-refractivity contribution in [3.05, 3.63) is 34.7 Å². The highest BCUT2D eigenvalue weighted by atomic mass is 79.9. The summed E-state index contributed by atoms with van der Waals surface area (Å²) >= 11 is 3.28. The molecule has 0 aliphatic heterocycles. The van der Waals surface area contributed by atoms with Crippen molar-refractivity contribution in [3.8, 4) is 0 Å². The molecule has 0 bridgehead atoms. The molecule has 0 saturated heterocycles. The van der Waals surface area contributed by atoms with Gasteiger partial charge >= 0.3 is 0 Å².